The van der Waals surface area contributed by atoms with Crippen molar-refractivity contribution < 1.29 is 42.9 Å². The first-order chi connectivity index (χ1) is 18.8. The number of carbonyl (C=O) groups excluding carboxylic acids is 4. The minimum Gasteiger partial charge on any atom is -0.461 e. The predicted molar refractivity (Wildman–Crippen MR) is 150 cm³/mol. The predicted octanol–water partition coefficient (Wildman–Crippen LogP) is 5.66. The molecule has 0 amide bonds. The molecule has 10 nitrogen and oxygen atoms in total. The molecule has 1 rings (SSSR count). The second kappa shape index (κ2) is 18.3. The Hall–Kier alpha value is -3.14. The highest BCUT2D eigenvalue weighted by atomic mass is 16.7. The van der Waals surface area contributed by atoms with Gasteiger partial charge in [-0.15, -0.1) is 0 Å². The summed E-state index contributed by atoms with van der Waals surface area (Å²) in [5, 5.41) is 0. The van der Waals surface area contributed by atoms with Gasteiger partial charge in [-0.25, -0.2) is 4.79 Å². The number of hydrogen-bond acceptors (Lipinski definition) is 10. The lowest BCUT2D eigenvalue weighted by Crippen LogP contribution is -2.36. The molecule has 0 saturated carbocycles. The van der Waals surface area contributed by atoms with Crippen LogP contribution in [0, 0.1) is 5.41 Å². The first kappa shape index (κ1) is 34.9. The van der Waals surface area contributed by atoms with E-state index < -0.39 is 36.2 Å². The Labute approximate surface area is 238 Å². The SMILES string of the molecule is CCCCCC(=O)Oc1ccc(C[C@H](N)C(=O)OC[C@H](C)OC(=O)OCC(C)(C)C)cc1OC(=O)CCCCC. The number of hydrogen-bond donors (Lipinski definition) is 1. The van der Waals surface area contributed by atoms with Crippen LogP contribution in [0.25, 0.3) is 0 Å². The maximum absolute atomic E-state index is 12.5. The summed E-state index contributed by atoms with van der Waals surface area (Å²) < 4.78 is 26.3. The summed E-state index contributed by atoms with van der Waals surface area (Å²) in [6.07, 6.45) is 4.13. The molecule has 0 aromatic heterocycles. The summed E-state index contributed by atoms with van der Waals surface area (Å²) in [6.45, 7) is 11.4. The van der Waals surface area contributed by atoms with Gasteiger partial charge in [0.2, 0.25) is 0 Å². The third-order valence-electron chi connectivity index (χ3n) is 5.56. The molecule has 0 fully saturated rings. The number of rotatable bonds is 17. The van der Waals surface area contributed by atoms with Gasteiger partial charge in [0.05, 0.1) is 6.61 Å². The van der Waals surface area contributed by atoms with Crippen molar-refractivity contribution in [2.24, 2.45) is 11.1 Å². The lowest BCUT2D eigenvalue weighted by atomic mass is 9.99. The molecule has 10 heteroatoms. The summed E-state index contributed by atoms with van der Waals surface area (Å²) in [4.78, 5) is 48.9. The Balaban J connectivity index is 2.78. The van der Waals surface area contributed by atoms with Crippen molar-refractivity contribution in [2.75, 3.05) is 13.2 Å². The van der Waals surface area contributed by atoms with E-state index in [1.807, 2.05) is 34.6 Å². The van der Waals surface area contributed by atoms with Gasteiger partial charge < -0.3 is 29.4 Å². The van der Waals surface area contributed by atoms with E-state index in [0.717, 1.165) is 25.7 Å². The van der Waals surface area contributed by atoms with E-state index in [1.165, 1.54) is 12.1 Å². The molecule has 0 saturated heterocycles. The molecule has 226 valence electrons. The van der Waals surface area contributed by atoms with E-state index in [-0.39, 0.29) is 49.4 Å². The maximum Gasteiger partial charge on any atom is 0.508 e. The minimum absolute atomic E-state index is 0.0762. The fourth-order valence-corrected chi connectivity index (χ4v) is 3.38. The molecule has 1 aromatic carbocycles. The average Bonchev–Trinajstić information content (AvgIpc) is 2.87. The van der Waals surface area contributed by atoms with Crippen molar-refractivity contribution in [1.82, 2.24) is 0 Å². The van der Waals surface area contributed by atoms with Crippen LogP contribution in [0.15, 0.2) is 18.2 Å². The number of unbranched alkanes of at least 4 members (excludes halogenated alkanes) is 4. The lowest BCUT2D eigenvalue weighted by molar-refractivity contribution is -0.148. The number of benzene rings is 1. The van der Waals surface area contributed by atoms with E-state index in [9.17, 15) is 19.2 Å². The fourth-order valence-electron chi connectivity index (χ4n) is 3.38. The Morgan fingerprint density at radius 2 is 1.43 bits per heavy atom. The third-order valence-corrected chi connectivity index (χ3v) is 5.56. The molecular weight excluding hydrogens is 518 g/mol. The number of esters is 3. The third kappa shape index (κ3) is 15.5. The second-order valence-electron chi connectivity index (χ2n) is 11.1. The van der Waals surface area contributed by atoms with Crippen molar-refractivity contribution in [3.63, 3.8) is 0 Å². The fraction of sp³-hybridized carbons (Fsp3) is 0.667. The quantitative estimate of drug-likeness (QED) is 0.143. The van der Waals surface area contributed by atoms with E-state index in [0.29, 0.717) is 18.4 Å². The van der Waals surface area contributed by atoms with Crippen LogP contribution in [0.5, 0.6) is 11.5 Å². The second-order valence-corrected chi connectivity index (χ2v) is 11.1. The number of carbonyl (C=O) groups is 4. The first-order valence-corrected chi connectivity index (χ1v) is 14.1. The van der Waals surface area contributed by atoms with Crippen LogP contribution in [0.4, 0.5) is 4.79 Å². The van der Waals surface area contributed by atoms with Crippen molar-refractivity contribution in [3.8, 4) is 11.5 Å². The van der Waals surface area contributed by atoms with Crippen LogP contribution in [0.2, 0.25) is 0 Å². The molecule has 0 heterocycles. The van der Waals surface area contributed by atoms with Gasteiger partial charge in [0, 0.05) is 12.8 Å². The summed E-state index contributed by atoms with van der Waals surface area (Å²) in [5.74, 6) is -1.31. The standard InChI is InChI=1S/C30H47NO9/c1-7-9-11-13-26(32)39-24-16-15-22(18-25(24)40-27(33)14-12-10-8-2)17-23(31)28(34)36-19-21(3)38-29(35)37-20-30(4,5)6/h15-16,18,21,23H,7-14,17,19-20,31H2,1-6H3/t21-,23-/m0/s1. The zero-order chi connectivity index (χ0) is 30.1. The van der Waals surface area contributed by atoms with Gasteiger partial charge >= 0.3 is 24.1 Å². The zero-order valence-electron chi connectivity index (χ0n) is 24.9. The van der Waals surface area contributed by atoms with Crippen LogP contribution in [0.3, 0.4) is 0 Å². The molecule has 2 N–H and O–H groups in total. The van der Waals surface area contributed by atoms with Gasteiger partial charge in [0.15, 0.2) is 11.5 Å². The van der Waals surface area contributed by atoms with Gasteiger partial charge in [-0.2, -0.15) is 0 Å². The van der Waals surface area contributed by atoms with Crippen LogP contribution in [-0.2, 0) is 35.0 Å². The van der Waals surface area contributed by atoms with Gasteiger partial charge in [0.1, 0.15) is 18.8 Å². The summed E-state index contributed by atoms with van der Waals surface area (Å²) >= 11 is 0. The lowest BCUT2D eigenvalue weighted by Gasteiger charge is -2.19. The van der Waals surface area contributed by atoms with Crippen molar-refractivity contribution >= 4 is 24.1 Å². The van der Waals surface area contributed by atoms with Gasteiger partial charge in [0.25, 0.3) is 0 Å². The van der Waals surface area contributed by atoms with E-state index in [2.05, 4.69) is 0 Å². The summed E-state index contributed by atoms with van der Waals surface area (Å²) in [6, 6.07) is 3.68. The van der Waals surface area contributed by atoms with Crippen LogP contribution >= 0.6 is 0 Å². The molecule has 0 radical (unpaired) electrons. The van der Waals surface area contributed by atoms with E-state index >= 15 is 0 Å². The first-order valence-electron chi connectivity index (χ1n) is 14.1. The van der Waals surface area contributed by atoms with Crippen LogP contribution in [0.1, 0.15) is 98.5 Å². The summed E-state index contributed by atoms with van der Waals surface area (Å²) in [7, 11) is 0. The molecule has 0 aliphatic carbocycles. The normalized spacial score (nSPS) is 12.7. The highest BCUT2D eigenvalue weighted by molar-refractivity contribution is 5.77. The molecule has 0 aliphatic heterocycles. The van der Waals surface area contributed by atoms with Gasteiger partial charge in [-0.3, -0.25) is 14.4 Å². The molecule has 40 heavy (non-hydrogen) atoms. The Bertz CT molecular complexity index is 955. The smallest absolute Gasteiger partial charge is 0.461 e. The largest absolute Gasteiger partial charge is 0.508 e. The maximum atomic E-state index is 12.5. The number of ether oxygens (including phenoxy) is 5. The molecule has 0 bridgehead atoms. The zero-order valence-corrected chi connectivity index (χ0v) is 24.9. The topological polar surface area (TPSA) is 140 Å². The van der Waals surface area contributed by atoms with Crippen molar-refractivity contribution in [2.45, 2.75) is 111 Å². The van der Waals surface area contributed by atoms with Crippen molar-refractivity contribution in [3.05, 3.63) is 23.8 Å². The minimum atomic E-state index is -1.03. The van der Waals surface area contributed by atoms with E-state index in [1.54, 1.807) is 13.0 Å². The average molecular weight is 566 g/mol. The Morgan fingerprint density at radius 1 is 0.850 bits per heavy atom. The highest BCUT2D eigenvalue weighted by Gasteiger charge is 2.22. The van der Waals surface area contributed by atoms with Gasteiger partial charge in [-0.1, -0.05) is 66.4 Å². The molecular formula is C30H47NO9. The molecule has 0 aliphatic rings. The van der Waals surface area contributed by atoms with Crippen molar-refractivity contribution in [1.29, 1.82) is 0 Å². The monoisotopic (exact) mass is 565 g/mol. The van der Waals surface area contributed by atoms with Crippen LogP contribution in [-0.4, -0.2) is 49.4 Å². The van der Waals surface area contributed by atoms with Crippen LogP contribution < -0.4 is 15.2 Å². The van der Waals surface area contributed by atoms with Gasteiger partial charge in [-0.05, 0) is 49.3 Å². The number of nitrogens with two attached hydrogens (primary N) is 1. The van der Waals surface area contributed by atoms with E-state index in [4.69, 9.17) is 29.4 Å². The Morgan fingerprint density at radius 3 is 1.98 bits per heavy atom. The highest BCUT2D eigenvalue weighted by Crippen LogP contribution is 2.30. The Kier molecular flexibility index (Phi) is 15.9. The molecule has 2 atom stereocenters. The molecule has 0 unspecified atom stereocenters. The molecule has 1 aromatic rings. The summed E-state index contributed by atoms with van der Waals surface area (Å²) in [5.41, 5.74) is 6.43. The molecule has 0 spiro atoms.